The molecular weight excluding hydrogens is 370 g/mol. The average Bonchev–Trinajstić information content (AvgIpc) is 3.48. The fourth-order valence-electron chi connectivity index (χ4n) is 4.62. The third kappa shape index (κ3) is 5.57. The van der Waals surface area contributed by atoms with Crippen LogP contribution in [0.3, 0.4) is 0 Å². The molecule has 0 bridgehead atoms. The van der Waals surface area contributed by atoms with E-state index < -0.39 is 0 Å². The Hall–Kier alpha value is -1.93. The first-order chi connectivity index (χ1) is 14.2. The van der Waals surface area contributed by atoms with Crippen LogP contribution in [0.5, 0.6) is 0 Å². The molecule has 4 rings (SSSR count). The summed E-state index contributed by atoms with van der Waals surface area (Å²) in [5.41, 5.74) is 0. The molecule has 160 valence electrons. The Morgan fingerprint density at radius 3 is 2.69 bits per heavy atom. The molecule has 1 atom stereocenters. The second kappa shape index (κ2) is 9.71. The van der Waals surface area contributed by atoms with Crippen molar-refractivity contribution in [2.24, 2.45) is 5.92 Å². The van der Waals surface area contributed by atoms with Crippen molar-refractivity contribution in [3.05, 3.63) is 18.7 Å². The number of ether oxygens (including phenoxy) is 1. The van der Waals surface area contributed by atoms with Gasteiger partial charge in [-0.15, -0.1) is 0 Å². The quantitative estimate of drug-likeness (QED) is 0.697. The van der Waals surface area contributed by atoms with Gasteiger partial charge in [0.25, 0.3) is 0 Å². The van der Waals surface area contributed by atoms with Crippen LogP contribution in [-0.2, 0) is 20.9 Å². The maximum Gasteiger partial charge on any atom is 0.240 e. The highest BCUT2D eigenvalue weighted by Crippen LogP contribution is 2.32. The number of hydrogen-bond donors (Lipinski definition) is 1. The van der Waals surface area contributed by atoms with Gasteiger partial charge < -0.3 is 19.5 Å². The molecule has 1 aliphatic carbocycles. The Kier molecular flexibility index (Phi) is 6.82. The van der Waals surface area contributed by atoms with Crippen molar-refractivity contribution in [3.63, 3.8) is 0 Å². The molecule has 0 radical (unpaired) electrons. The van der Waals surface area contributed by atoms with Gasteiger partial charge in [-0.25, -0.2) is 4.98 Å². The lowest BCUT2D eigenvalue weighted by atomic mass is 9.98. The molecular formula is C21H33N5O3. The first-order valence-corrected chi connectivity index (χ1v) is 11.1. The maximum absolute atomic E-state index is 12.6. The summed E-state index contributed by atoms with van der Waals surface area (Å²) in [5.74, 6) is 0.645. The minimum atomic E-state index is 0.00380. The highest BCUT2D eigenvalue weighted by molar-refractivity contribution is 5.81. The Bertz CT molecular complexity index is 670. The van der Waals surface area contributed by atoms with E-state index in [1.54, 1.807) is 23.3 Å². The minimum Gasteiger partial charge on any atom is -0.381 e. The number of imidazole rings is 1. The van der Waals surface area contributed by atoms with E-state index in [4.69, 9.17) is 4.74 Å². The van der Waals surface area contributed by atoms with Gasteiger partial charge in [0.2, 0.25) is 11.8 Å². The van der Waals surface area contributed by atoms with Crippen LogP contribution in [0.15, 0.2) is 18.7 Å². The van der Waals surface area contributed by atoms with Crippen LogP contribution in [0.4, 0.5) is 0 Å². The SMILES string of the molecule is O=C(Cn1ccnc1)NCCN(C1CCOCC1)C1CCCN(C(=O)C2CC2)C1. The summed E-state index contributed by atoms with van der Waals surface area (Å²) < 4.78 is 7.34. The van der Waals surface area contributed by atoms with Crippen molar-refractivity contribution in [2.75, 3.05) is 39.4 Å². The van der Waals surface area contributed by atoms with Gasteiger partial charge in [-0.3, -0.25) is 14.5 Å². The molecule has 29 heavy (non-hydrogen) atoms. The summed E-state index contributed by atoms with van der Waals surface area (Å²) in [7, 11) is 0. The van der Waals surface area contributed by atoms with E-state index in [-0.39, 0.29) is 11.8 Å². The third-order valence-corrected chi connectivity index (χ3v) is 6.34. The van der Waals surface area contributed by atoms with Crippen molar-refractivity contribution < 1.29 is 14.3 Å². The number of piperidine rings is 1. The second-order valence-electron chi connectivity index (χ2n) is 8.52. The lowest BCUT2D eigenvalue weighted by Gasteiger charge is -2.44. The molecule has 1 aromatic rings. The van der Waals surface area contributed by atoms with E-state index in [0.717, 1.165) is 71.4 Å². The number of amides is 2. The number of nitrogens with zero attached hydrogens (tertiary/aromatic N) is 4. The number of aromatic nitrogens is 2. The van der Waals surface area contributed by atoms with Crippen molar-refractivity contribution in [2.45, 2.75) is 57.2 Å². The molecule has 3 aliphatic rings. The second-order valence-corrected chi connectivity index (χ2v) is 8.52. The monoisotopic (exact) mass is 403 g/mol. The summed E-state index contributed by atoms with van der Waals surface area (Å²) in [6.07, 6.45) is 11.5. The Morgan fingerprint density at radius 2 is 1.97 bits per heavy atom. The predicted molar refractivity (Wildman–Crippen MR) is 108 cm³/mol. The van der Waals surface area contributed by atoms with Crippen LogP contribution in [0, 0.1) is 5.92 Å². The van der Waals surface area contributed by atoms with E-state index in [0.29, 0.717) is 31.1 Å². The first-order valence-electron chi connectivity index (χ1n) is 11.1. The van der Waals surface area contributed by atoms with Gasteiger partial charge in [0, 0.05) is 69.8 Å². The number of nitrogens with one attached hydrogen (secondary N) is 1. The van der Waals surface area contributed by atoms with Gasteiger partial charge in [0.1, 0.15) is 6.54 Å². The zero-order valence-corrected chi connectivity index (χ0v) is 17.2. The van der Waals surface area contributed by atoms with Crippen LogP contribution >= 0.6 is 0 Å². The lowest BCUT2D eigenvalue weighted by molar-refractivity contribution is -0.135. The van der Waals surface area contributed by atoms with Gasteiger partial charge >= 0.3 is 0 Å². The van der Waals surface area contributed by atoms with E-state index in [1.165, 1.54) is 0 Å². The number of carbonyl (C=O) groups excluding carboxylic acids is 2. The molecule has 2 amide bonds. The zero-order chi connectivity index (χ0) is 20.1. The standard InChI is InChI=1S/C21H33N5O3/c27-20(15-24-10-7-22-16-24)23-8-11-26(18-5-12-29-13-6-18)19-2-1-9-25(14-19)21(28)17-3-4-17/h7,10,16-19H,1-6,8-9,11-15H2,(H,23,27). The zero-order valence-electron chi connectivity index (χ0n) is 17.2. The summed E-state index contributed by atoms with van der Waals surface area (Å²) in [6, 6.07) is 0.843. The van der Waals surface area contributed by atoms with Crippen molar-refractivity contribution >= 4 is 11.8 Å². The summed E-state index contributed by atoms with van der Waals surface area (Å²) in [4.78, 5) is 33.4. The topological polar surface area (TPSA) is 79.7 Å². The molecule has 1 saturated carbocycles. The van der Waals surface area contributed by atoms with Crippen molar-refractivity contribution in [1.29, 1.82) is 0 Å². The number of rotatable bonds is 8. The lowest BCUT2D eigenvalue weighted by Crippen LogP contribution is -2.55. The molecule has 1 N–H and O–H groups in total. The molecule has 2 saturated heterocycles. The molecule has 0 spiro atoms. The van der Waals surface area contributed by atoms with Gasteiger partial charge in [0.15, 0.2) is 0 Å². The Balaban J connectivity index is 1.32. The van der Waals surface area contributed by atoms with E-state index in [2.05, 4.69) is 20.1 Å². The van der Waals surface area contributed by atoms with Crippen LogP contribution in [0.1, 0.15) is 38.5 Å². The van der Waals surface area contributed by atoms with Crippen LogP contribution in [-0.4, -0.2) is 82.6 Å². The van der Waals surface area contributed by atoms with Gasteiger partial charge in [-0.2, -0.15) is 0 Å². The number of likely N-dealkylation sites (tertiary alicyclic amines) is 1. The van der Waals surface area contributed by atoms with Gasteiger partial charge in [-0.05, 0) is 38.5 Å². The first kappa shape index (κ1) is 20.3. The van der Waals surface area contributed by atoms with E-state index in [1.807, 2.05) is 0 Å². The fraction of sp³-hybridized carbons (Fsp3) is 0.762. The number of carbonyl (C=O) groups is 2. The maximum atomic E-state index is 12.6. The largest absolute Gasteiger partial charge is 0.381 e. The molecule has 8 nitrogen and oxygen atoms in total. The summed E-state index contributed by atoms with van der Waals surface area (Å²) >= 11 is 0. The molecule has 2 aliphatic heterocycles. The Morgan fingerprint density at radius 1 is 1.14 bits per heavy atom. The van der Waals surface area contributed by atoms with Gasteiger partial charge in [-0.1, -0.05) is 0 Å². The normalized spacial score (nSPS) is 23.3. The molecule has 3 heterocycles. The van der Waals surface area contributed by atoms with Crippen LogP contribution < -0.4 is 5.32 Å². The van der Waals surface area contributed by atoms with E-state index >= 15 is 0 Å². The predicted octanol–water partition coefficient (Wildman–Crippen LogP) is 0.881. The molecule has 0 aromatic carbocycles. The van der Waals surface area contributed by atoms with E-state index in [9.17, 15) is 9.59 Å². The third-order valence-electron chi connectivity index (χ3n) is 6.34. The van der Waals surface area contributed by atoms with Crippen LogP contribution in [0.25, 0.3) is 0 Å². The highest BCUT2D eigenvalue weighted by Gasteiger charge is 2.37. The van der Waals surface area contributed by atoms with Crippen LogP contribution in [0.2, 0.25) is 0 Å². The molecule has 1 aromatic heterocycles. The minimum absolute atomic E-state index is 0.00380. The fourth-order valence-corrected chi connectivity index (χ4v) is 4.62. The molecule has 1 unspecified atom stereocenters. The van der Waals surface area contributed by atoms with Crippen molar-refractivity contribution in [3.8, 4) is 0 Å². The molecule has 8 heteroatoms. The highest BCUT2D eigenvalue weighted by atomic mass is 16.5. The average molecular weight is 404 g/mol. The van der Waals surface area contributed by atoms with Crippen molar-refractivity contribution in [1.82, 2.24) is 24.7 Å². The molecule has 3 fully saturated rings. The summed E-state index contributed by atoms with van der Waals surface area (Å²) in [5, 5.41) is 3.05. The smallest absolute Gasteiger partial charge is 0.240 e. The van der Waals surface area contributed by atoms with Gasteiger partial charge in [0.05, 0.1) is 6.33 Å². The number of hydrogen-bond acceptors (Lipinski definition) is 5. The summed E-state index contributed by atoms with van der Waals surface area (Å²) in [6.45, 7) is 5.06. The Labute approximate surface area is 172 Å².